The van der Waals surface area contributed by atoms with Crippen LogP contribution in [0.2, 0.25) is 0 Å². The average molecular weight is 291 g/mol. The average Bonchev–Trinajstić information content (AvgIpc) is 2.44. The highest BCUT2D eigenvalue weighted by Crippen LogP contribution is 2.16. The Kier molecular flexibility index (Phi) is 6.18. The SMILES string of the molecule is CCCN1CCOC(C(Cc2cc(C)cc(C)c2)NN)C1. The van der Waals surface area contributed by atoms with Crippen LogP contribution in [0.25, 0.3) is 0 Å². The summed E-state index contributed by atoms with van der Waals surface area (Å²) in [5, 5.41) is 0. The molecule has 1 heterocycles. The number of hydrogen-bond donors (Lipinski definition) is 2. The number of nitrogens with one attached hydrogen (secondary N) is 1. The molecule has 4 nitrogen and oxygen atoms in total. The molecule has 2 rings (SSSR count). The molecule has 0 aromatic heterocycles. The summed E-state index contributed by atoms with van der Waals surface area (Å²) < 4.78 is 5.96. The van der Waals surface area contributed by atoms with E-state index in [4.69, 9.17) is 10.6 Å². The van der Waals surface area contributed by atoms with E-state index in [-0.39, 0.29) is 12.1 Å². The zero-order valence-electron chi connectivity index (χ0n) is 13.6. The van der Waals surface area contributed by atoms with Crippen molar-refractivity contribution in [3.8, 4) is 0 Å². The zero-order chi connectivity index (χ0) is 15.2. The van der Waals surface area contributed by atoms with E-state index in [1.165, 1.54) is 23.1 Å². The molecule has 0 spiro atoms. The highest BCUT2D eigenvalue weighted by molar-refractivity contribution is 5.29. The summed E-state index contributed by atoms with van der Waals surface area (Å²) in [6, 6.07) is 6.84. The van der Waals surface area contributed by atoms with Crippen molar-refractivity contribution in [2.45, 2.75) is 45.8 Å². The van der Waals surface area contributed by atoms with Crippen molar-refractivity contribution in [3.63, 3.8) is 0 Å². The minimum atomic E-state index is 0.158. The standard InChI is InChI=1S/C17H29N3O/c1-4-5-20-6-7-21-17(12-20)16(19-18)11-15-9-13(2)8-14(3)10-15/h8-10,16-17,19H,4-7,11-12,18H2,1-3H3. The Morgan fingerprint density at radius 3 is 2.67 bits per heavy atom. The summed E-state index contributed by atoms with van der Waals surface area (Å²) in [6.45, 7) is 10.4. The van der Waals surface area contributed by atoms with Gasteiger partial charge in [0.1, 0.15) is 0 Å². The van der Waals surface area contributed by atoms with E-state index in [2.05, 4.69) is 49.3 Å². The molecule has 3 N–H and O–H groups in total. The molecule has 0 aliphatic carbocycles. The third-order valence-corrected chi connectivity index (χ3v) is 4.12. The molecule has 118 valence electrons. The smallest absolute Gasteiger partial charge is 0.0871 e. The first-order chi connectivity index (χ1) is 10.1. The van der Waals surface area contributed by atoms with Crippen molar-refractivity contribution < 1.29 is 4.74 Å². The van der Waals surface area contributed by atoms with Gasteiger partial charge < -0.3 is 4.74 Å². The van der Waals surface area contributed by atoms with Gasteiger partial charge in [0, 0.05) is 13.1 Å². The lowest BCUT2D eigenvalue weighted by atomic mass is 9.97. The van der Waals surface area contributed by atoms with Crippen LogP contribution in [-0.2, 0) is 11.2 Å². The van der Waals surface area contributed by atoms with E-state index in [1.54, 1.807) is 0 Å². The van der Waals surface area contributed by atoms with Gasteiger partial charge in [-0.15, -0.1) is 0 Å². The van der Waals surface area contributed by atoms with Crippen LogP contribution in [0, 0.1) is 13.8 Å². The number of morpholine rings is 1. The van der Waals surface area contributed by atoms with Crippen molar-refractivity contribution >= 4 is 0 Å². The maximum absolute atomic E-state index is 5.96. The highest BCUT2D eigenvalue weighted by Gasteiger charge is 2.27. The van der Waals surface area contributed by atoms with Gasteiger partial charge in [0.25, 0.3) is 0 Å². The Bertz CT molecular complexity index is 427. The quantitative estimate of drug-likeness (QED) is 0.620. The van der Waals surface area contributed by atoms with Gasteiger partial charge in [-0.2, -0.15) is 0 Å². The van der Waals surface area contributed by atoms with Crippen LogP contribution in [0.4, 0.5) is 0 Å². The number of aryl methyl sites for hydroxylation is 2. The van der Waals surface area contributed by atoms with Crippen LogP contribution in [-0.4, -0.2) is 43.3 Å². The summed E-state index contributed by atoms with van der Waals surface area (Å²) in [5.41, 5.74) is 6.90. The normalized spacial score (nSPS) is 21.4. The Balaban J connectivity index is 2.01. The molecule has 4 heteroatoms. The molecule has 21 heavy (non-hydrogen) atoms. The lowest BCUT2D eigenvalue weighted by Gasteiger charge is -2.36. The predicted octanol–water partition coefficient (Wildman–Crippen LogP) is 1.79. The van der Waals surface area contributed by atoms with E-state index in [0.717, 1.165) is 32.7 Å². The molecular weight excluding hydrogens is 262 g/mol. The molecule has 1 fully saturated rings. The molecule has 1 aliphatic heterocycles. The Labute approximate surface area is 128 Å². The lowest BCUT2D eigenvalue weighted by Crippen LogP contribution is -2.54. The number of hydrogen-bond acceptors (Lipinski definition) is 4. The van der Waals surface area contributed by atoms with Gasteiger partial charge in [-0.3, -0.25) is 16.2 Å². The van der Waals surface area contributed by atoms with Crippen LogP contribution in [0.3, 0.4) is 0 Å². The van der Waals surface area contributed by atoms with Gasteiger partial charge in [0.15, 0.2) is 0 Å². The number of nitrogens with zero attached hydrogens (tertiary/aromatic N) is 1. The number of hydrazine groups is 1. The molecule has 0 radical (unpaired) electrons. The van der Waals surface area contributed by atoms with Gasteiger partial charge in [0.2, 0.25) is 0 Å². The van der Waals surface area contributed by atoms with E-state index in [1.807, 2.05) is 0 Å². The Hall–Kier alpha value is -0.940. The van der Waals surface area contributed by atoms with Crippen molar-refractivity contribution in [2.24, 2.45) is 5.84 Å². The molecule has 1 saturated heterocycles. The van der Waals surface area contributed by atoms with Gasteiger partial charge in [-0.05, 0) is 38.8 Å². The van der Waals surface area contributed by atoms with E-state index < -0.39 is 0 Å². The number of nitrogens with two attached hydrogens (primary N) is 1. The van der Waals surface area contributed by atoms with E-state index >= 15 is 0 Å². The summed E-state index contributed by atoms with van der Waals surface area (Å²) >= 11 is 0. The van der Waals surface area contributed by atoms with Crippen molar-refractivity contribution in [3.05, 3.63) is 34.9 Å². The van der Waals surface area contributed by atoms with Gasteiger partial charge >= 0.3 is 0 Å². The highest BCUT2D eigenvalue weighted by atomic mass is 16.5. The van der Waals surface area contributed by atoms with Crippen LogP contribution in [0.15, 0.2) is 18.2 Å². The van der Waals surface area contributed by atoms with Crippen molar-refractivity contribution in [1.29, 1.82) is 0 Å². The second-order valence-corrected chi connectivity index (χ2v) is 6.18. The second kappa shape index (κ2) is 7.90. The minimum Gasteiger partial charge on any atom is -0.374 e. The molecular formula is C17H29N3O. The lowest BCUT2D eigenvalue weighted by molar-refractivity contribution is -0.0462. The topological polar surface area (TPSA) is 50.5 Å². The van der Waals surface area contributed by atoms with Crippen molar-refractivity contribution in [1.82, 2.24) is 10.3 Å². The first-order valence-corrected chi connectivity index (χ1v) is 7.99. The van der Waals surface area contributed by atoms with Crippen LogP contribution < -0.4 is 11.3 Å². The van der Waals surface area contributed by atoms with E-state index in [0.29, 0.717) is 0 Å². The molecule has 1 aromatic carbocycles. The molecule has 2 unspecified atom stereocenters. The molecule has 0 saturated carbocycles. The summed E-state index contributed by atoms with van der Waals surface area (Å²) in [4.78, 5) is 2.47. The third kappa shape index (κ3) is 4.78. The largest absolute Gasteiger partial charge is 0.374 e. The maximum Gasteiger partial charge on any atom is 0.0871 e. The summed E-state index contributed by atoms with van der Waals surface area (Å²) in [5.74, 6) is 5.80. The van der Waals surface area contributed by atoms with E-state index in [9.17, 15) is 0 Å². The summed E-state index contributed by atoms with van der Waals surface area (Å²) in [7, 11) is 0. The fraction of sp³-hybridized carbons (Fsp3) is 0.647. The van der Waals surface area contributed by atoms with Crippen LogP contribution in [0.1, 0.15) is 30.0 Å². The minimum absolute atomic E-state index is 0.158. The Morgan fingerprint density at radius 1 is 1.33 bits per heavy atom. The number of benzene rings is 1. The molecule has 2 atom stereocenters. The number of ether oxygens (including phenoxy) is 1. The molecule has 0 amide bonds. The zero-order valence-corrected chi connectivity index (χ0v) is 13.6. The van der Waals surface area contributed by atoms with Crippen LogP contribution >= 0.6 is 0 Å². The predicted molar refractivity (Wildman–Crippen MR) is 87.2 cm³/mol. The van der Waals surface area contributed by atoms with Gasteiger partial charge in [0.05, 0.1) is 18.8 Å². The molecule has 1 aromatic rings. The van der Waals surface area contributed by atoms with Crippen molar-refractivity contribution in [2.75, 3.05) is 26.2 Å². The molecule has 0 bridgehead atoms. The van der Waals surface area contributed by atoms with Crippen LogP contribution in [0.5, 0.6) is 0 Å². The molecule has 1 aliphatic rings. The maximum atomic E-state index is 5.96. The number of rotatable bonds is 6. The summed E-state index contributed by atoms with van der Waals surface area (Å²) in [6.07, 6.45) is 2.25. The fourth-order valence-electron chi connectivity index (χ4n) is 3.23. The van der Waals surface area contributed by atoms with Gasteiger partial charge in [-0.1, -0.05) is 36.2 Å². The van der Waals surface area contributed by atoms with Gasteiger partial charge in [-0.25, -0.2) is 0 Å². The third-order valence-electron chi connectivity index (χ3n) is 4.12. The fourth-order valence-corrected chi connectivity index (χ4v) is 3.23. The second-order valence-electron chi connectivity index (χ2n) is 6.18. The monoisotopic (exact) mass is 291 g/mol. The Morgan fingerprint density at radius 2 is 2.05 bits per heavy atom. The first-order valence-electron chi connectivity index (χ1n) is 7.99. The first kappa shape index (κ1) is 16.4.